The Labute approximate surface area is 144 Å². The van der Waals surface area contributed by atoms with E-state index < -0.39 is 0 Å². The SMILES string of the molecule is NC(=NCCCOCC1CCOCC1)Nc1ccc2c(c1)CCC2. The number of guanidine groups is 1. The summed E-state index contributed by atoms with van der Waals surface area (Å²) in [6, 6.07) is 6.48. The highest BCUT2D eigenvalue weighted by Crippen LogP contribution is 2.24. The maximum absolute atomic E-state index is 5.97. The van der Waals surface area contributed by atoms with Crippen molar-refractivity contribution >= 4 is 11.6 Å². The molecular formula is C19H29N3O2. The van der Waals surface area contributed by atoms with Crippen LogP contribution in [-0.4, -0.2) is 38.9 Å². The topological polar surface area (TPSA) is 68.9 Å². The number of benzene rings is 1. The van der Waals surface area contributed by atoms with Crippen LogP contribution >= 0.6 is 0 Å². The third kappa shape index (κ3) is 5.21. The first-order valence-electron chi connectivity index (χ1n) is 9.15. The van der Waals surface area contributed by atoms with Crippen LogP contribution in [0.3, 0.4) is 0 Å². The molecule has 5 heteroatoms. The Morgan fingerprint density at radius 2 is 2.08 bits per heavy atom. The van der Waals surface area contributed by atoms with Gasteiger partial charge >= 0.3 is 0 Å². The van der Waals surface area contributed by atoms with E-state index in [4.69, 9.17) is 15.2 Å². The lowest BCUT2D eigenvalue weighted by molar-refractivity contribution is 0.0205. The molecule has 1 aromatic carbocycles. The van der Waals surface area contributed by atoms with Gasteiger partial charge in [0.15, 0.2) is 5.96 Å². The van der Waals surface area contributed by atoms with Crippen LogP contribution < -0.4 is 11.1 Å². The highest BCUT2D eigenvalue weighted by molar-refractivity contribution is 5.92. The standard InChI is InChI=1S/C19H29N3O2/c20-19(22-18-6-5-16-3-1-4-17(16)13-18)21-9-2-10-24-14-15-7-11-23-12-8-15/h5-6,13,15H,1-4,7-12,14H2,(H3,20,21,22). The second-order valence-electron chi connectivity index (χ2n) is 6.71. The number of aryl methyl sites for hydroxylation is 2. The third-order valence-corrected chi connectivity index (χ3v) is 4.79. The minimum Gasteiger partial charge on any atom is -0.381 e. The van der Waals surface area contributed by atoms with Gasteiger partial charge in [-0.25, -0.2) is 0 Å². The van der Waals surface area contributed by atoms with Gasteiger partial charge in [0.25, 0.3) is 0 Å². The number of aliphatic imine (C=N–C) groups is 1. The summed E-state index contributed by atoms with van der Waals surface area (Å²) in [5, 5.41) is 3.19. The van der Waals surface area contributed by atoms with E-state index in [-0.39, 0.29) is 0 Å². The normalized spacial score (nSPS) is 18.6. The van der Waals surface area contributed by atoms with Crippen LogP contribution in [-0.2, 0) is 22.3 Å². The Balaban J connectivity index is 1.31. The first-order valence-corrected chi connectivity index (χ1v) is 9.15. The van der Waals surface area contributed by atoms with E-state index in [1.54, 1.807) is 0 Å². The van der Waals surface area contributed by atoms with Crippen LogP contribution in [0.2, 0.25) is 0 Å². The van der Waals surface area contributed by atoms with Crippen molar-refractivity contribution in [3.05, 3.63) is 29.3 Å². The number of hydrogen-bond acceptors (Lipinski definition) is 3. The zero-order chi connectivity index (χ0) is 16.6. The quantitative estimate of drug-likeness (QED) is 0.458. The average molecular weight is 331 g/mol. The van der Waals surface area contributed by atoms with E-state index in [1.165, 1.54) is 30.4 Å². The Hall–Kier alpha value is -1.59. The van der Waals surface area contributed by atoms with E-state index >= 15 is 0 Å². The van der Waals surface area contributed by atoms with Crippen molar-refractivity contribution in [3.8, 4) is 0 Å². The van der Waals surface area contributed by atoms with Gasteiger partial charge in [0, 0.05) is 38.7 Å². The number of hydrogen-bond donors (Lipinski definition) is 2. The van der Waals surface area contributed by atoms with E-state index in [0.29, 0.717) is 18.4 Å². The molecule has 0 spiro atoms. The largest absolute Gasteiger partial charge is 0.381 e. The Morgan fingerprint density at radius 3 is 2.96 bits per heavy atom. The summed E-state index contributed by atoms with van der Waals surface area (Å²) < 4.78 is 11.1. The molecule has 0 radical (unpaired) electrons. The lowest BCUT2D eigenvalue weighted by Crippen LogP contribution is -2.23. The van der Waals surface area contributed by atoms with Gasteiger partial charge in [-0.1, -0.05) is 6.07 Å². The number of nitrogens with one attached hydrogen (secondary N) is 1. The van der Waals surface area contributed by atoms with Crippen LogP contribution in [0.4, 0.5) is 5.69 Å². The molecule has 24 heavy (non-hydrogen) atoms. The summed E-state index contributed by atoms with van der Waals surface area (Å²) >= 11 is 0. The smallest absolute Gasteiger partial charge is 0.193 e. The molecule has 1 heterocycles. The molecule has 132 valence electrons. The number of fused-ring (bicyclic) bond motifs is 1. The van der Waals surface area contributed by atoms with Gasteiger partial charge in [-0.2, -0.15) is 0 Å². The fourth-order valence-electron chi connectivity index (χ4n) is 3.37. The molecule has 1 fully saturated rings. The Kier molecular flexibility index (Phi) is 6.49. The van der Waals surface area contributed by atoms with Crippen LogP contribution in [0.15, 0.2) is 23.2 Å². The summed E-state index contributed by atoms with van der Waals surface area (Å²) in [4.78, 5) is 4.38. The molecule has 2 aliphatic rings. The van der Waals surface area contributed by atoms with E-state index in [9.17, 15) is 0 Å². The van der Waals surface area contributed by atoms with Crippen molar-refractivity contribution in [3.63, 3.8) is 0 Å². The van der Waals surface area contributed by atoms with Gasteiger partial charge in [0.05, 0.1) is 0 Å². The fraction of sp³-hybridized carbons (Fsp3) is 0.632. The molecule has 0 amide bonds. The lowest BCUT2D eigenvalue weighted by Gasteiger charge is -2.21. The van der Waals surface area contributed by atoms with E-state index in [2.05, 4.69) is 28.5 Å². The zero-order valence-electron chi connectivity index (χ0n) is 14.4. The predicted molar refractivity (Wildman–Crippen MR) is 97.6 cm³/mol. The minimum atomic E-state index is 0.484. The lowest BCUT2D eigenvalue weighted by atomic mass is 10.0. The van der Waals surface area contributed by atoms with Gasteiger partial charge in [-0.15, -0.1) is 0 Å². The van der Waals surface area contributed by atoms with Gasteiger partial charge in [-0.3, -0.25) is 4.99 Å². The molecule has 3 rings (SSSR count). The van der Waals surface area contributed by atoms with E-state index in [0.717, 1.165) is 51.4 Å². The molecule has 1 aliphatic carbocycles. The maximum atomic E-state index is 5.97. The van der Waals surface area contributed by atoms with Gasteiger partial charge in [-0.05, 0) is 67.7 Å². The first kappa shape index (κ1) is 17.2. The van der Waals surface area contributed by atoms with Crippen LogP contribution in [0.1, 0.15) is 36.8 Å². The molecule has 0 unspecified atom stereocenters. The molecular weight excluding hydrogens is 302 g/mol. The predicted octanol–water partition coefficient (Wildman–Crippen LogP) is 2.74. The highest BCUT2D eigenvalue weighted by Gasteiger charge is 2.13. The highest BCUT2D eigenvalue weighted by atomic mass is 16.5. The summed E-state index contributed by atoms with van der Waals surface area (Å²) in [6.07, 6.45) is 6.77. The van der Waals surface area contributed by atoms with Crippen molar-refractivity contribution in [1.29, 1.82) is 0 Å². The van der Waals surface area contributed by atoms with Crippen molar-refractivity contribution in [2.24, 2.45) is 16.6 Å². The average Bonchev–Trinajstić information content (AvgIpc) is 3.06. The monoisotopic (exact) mass is 331 g/mol. The molecule has 5 nitrogen and oxygen atoms in total. The minimum absolute atomic E-state index is 0.484. The van der Waals surface area contributed by atoms with Crippen molar-refractivity contribution in [1.82, 2.24) is 0 Å². The molecule has 0 aromatic heterocycles. The van der Waals surface area contributed by atoms with Crippen LogP contribution in [0.25, 0.3) is 0 Å². The molecule has 3 N–H and O–H groups in total. The second kappa shape index (κ2) is 9.04. The number of nitrogens with zero attached hydrogens (tertiary/aromatic N) is 1. The Bertz CT molecular complexity index is 554. The second-order valence-corrected chi connectivity index (χ2v) is 6.71. The molecule has 1 aromatic rings. The number of ether oxygens (including phenoxy) is 2. The molecule has 0 atom stereocenters. The number of anilines is 1. The summed E-state index contributed by atoms with van der Waals surface area (Å²) in [5.41, 5.74) is 9.91. The van der Waals surface area contributed by atoms with Gasteiger partial charge in [0.2, 0.25) is 0 Å². The van der Waals surface area contributed by atoms with Crippen LogP contribution in [0, 0.1) is 5.92 Å². The molecule has 0 saturated carbocycles. The van der Waals surface area contributed by atoms with Crippen molar-refractivity contribution in [2.75, 3.05) is 38.3 Å². The number of rotatable bonds is 7. The Morgan fingerprint density at radius 1 is 1.25 bits per heavy atom. The first-order chi connectivity index (χ1) is 11.8. The third-order valence-electron chi connectivity index (χ3n) is 4.79. The van der Waals surface area contributed by atoms with Gasteiger partial charge < -0.3 is 20.5 Å². The van der Waals surface area contributed by atoms with Crippen molar-refractivity contribution in [2.45, 2.75) is 38.5 Å². The van der Waals surface area contributed by atoms with Gasteiger partial charge in [0.1, 0.15) is 0 Å². The molecule has 0 bridgehead atoms. The summed E-state index contributed by atoms with van der Waals surface area (Å²) in [7, 11) is 0. The molecule has 1 saturated heterocycles. The van der Waals surface area contributed by atoms with Crippen LogP contribution in [0.5, 0.6) is 0 Å². The van der Waals surface area contributed by atoms with Crippen molar-refractivity contribution < 1.29 is 9.47 Å². The number of nitrogens with two attached hydrogens (primary N) is 1. The summed E-state index contributed by atoms with van der Waals surface area (Å²) in [5.74, 6) is 1.14. The van der Waals surface area contributed by atoms with E-state index in [1.807, 2.05) is 0 Å². The maximum Gasteiger partial charge on any atom is 0.193 e. The summed E-state index contributed by atoms with van der Waals surface area (Å²) in [6.45, 7) is 4.03. The molecule has 1 aliphatic heterocycles. The zero-order valence-corrected chi connectivity index (χ0v) is 14.4. The fourth-order valence-corrected chi connectivity index (χ4v) is 3.37.